The van der Waals surface area contributed by atoms with Gasteiger partial charge < -0.3 is 4.74 Å². The van der Waals surface area contributed by atoms with Gasteiger partial charge in [0.15, 0.2) is 0 Å². The van der Waals surface area contributed by atoms with Crippen LogP contribution in [-0.2, 0) is 33.6 Å². The minimum atomic E-state index is -0.523. The van der Waals surface area contributed by atoms with Crippen LogP contribution in [0.15, 0.2) is 72.8 Å². The third-order valence-electron chi connectivity index (χ3n) is 6.16. The molecule has 0 radical (unpaired) electrons. The van der Waals surface area contributed by atoms with Crippen molar-refractivity contribution in [2.45, 2.75) is 52.9 Å². The van der Waals surface area contributed by atoms with Crippen molar-refractivity contribution in [3.8, 4) is 0 Å². The number of esters is 1. The van der Waals surface area contributed by atoms with Crippen LogP contribution in [0.3, 0.4) is 0 Å². The van der Waals surface area contributed by atoms with Crippen LogP contribution in [0.1, 0.15) is 55.9 Å². The van der Waals surface area contributed by atoms with Gasteiger partial charge in [0.25, 0.3) is 0 Å². The molecule has 5 heteroatoms. The molecule has 3 aromatic rings. The van der Waals surface area contributed by atoms with Crippen LogP contribution >= 0.6 is 23.2 Å². The van der Waals surface area contributed by atoms with Crippen LogP contribution in [0.25, 0.3) is 0 Å². The Morgan fingerprint density at radius 1 is 0.833 bits per heavy atom. The second-order valence-corrected chi connectivity index (χ2v) is 11.2. The quantitative estimate of drug-likeness (QED) is 0.239. The predicted octanol–water partition coefficient (Wildman–Crippen LogP) is 7.92. The molecule has 190 valence electrons. The van der Waals surface area contributed by atoms with Gasteiger partial charge in [0, 0.05) is 29.3 Å². The molecule has 0 saturated heterocycles. The van der Waals surface area contributed by atoms with Gasteiger partial charge in [0.2, 0.25) is 0 Å². The molecule has 1 atom stereocenters. The lowest BCUT2D eigenvalue weighted by atomic mass is 9.90. The number of rotatable bonds is 11. The van der Waals surface area contributed by atoms with E-state index < -0.39 is 5.92 Å². The van der Waals surface area contributed by atoms with Crippen molar-refractivity contribution in [3.05, 3.63) is 105 Å². The highest BCUT2D eigenvalue weighted by atomic mass is 35.5. The van der Waals surface area contributed by atoms with E-state index >= 15 is 0 Å². The van der Waals surface area contributed by atoms with Crippen molar-refractivity contribution in [2.75, 3.05) is 6.61 Å². The third-order valence-corrected chi connectivity index (χ3v) is 6.87. The molecule has 0 amide bonds. The Balaban J connectivity index is 1.72. The lowest BCUT2D eigenvalue weighted by Crippen LogP contribution is -2.25. The summed E-state index contributed by atoms with van der Waals surface area (Å²) in [5, 5.41) is 1.20. The van der Waals surface area contributed by atoms with Crippen molar-refractivity contribution in [1.29, 1.82) is 0 Å². The maximum Gasteiger partial charge on any atom is 0.309 e. The number of hydrogen-bond donors (Lipinski definition) is 0. The molecule has 3 rings (SSSR count). The molecule has 0 bridgehead atoms. The molecule has 0 aromatic heterocycles. The van der Waals surface area contributed by atoms with Crippen molar-refractivity contribution >= 4 is 35.0 Å². The van der Waals surface area contributed by atoms with E-state index in [0.717, 1.165) is 28.7 Å². The molecule has 0 N–H and O–H groups in total. The summed E-state index contributed by atoms with van der Waals surface area (Å²) in [6.07, 6.45) is 2.13. The smallest absolute Gasteiger partial charge is 0.309 e. The Labute approximate surface area is 224 Å². The monoisotopic (exact) mass is 524 g/mol. The first kappa shape index (κ1) is 28.0. The maximum absolute atomic E-state index is 13.2. The second kappa shape index (κ2) is 13.1. The van der Waals surface area contributed by atoms with Gasteiger partial charge in [-0.15, -0.1) is 0 Å². The van der Waals surface area contributed by atoms with Gasteiger partial charge in [-0.1, -0.05) is 105 Å². The van der Waals surface area contributed by atoms with Crippen LogP contribution in [0.4, 0.5) is 0 Å². The molecule has 0 saturated carbocycles. The van der Waals surface area contributed by atoms with E-state index in [-0.39, 0.29) is 30.0 Å². The van der Waals surface area contributed by atoms with Crippen LogP contribution < -0.4 is 0 Å². The van der Waals surface area contributed by atoms with Gasteiger partial charge in [0.05, 0.1) is 12.5 Å². The predicted molar refractivity (Wildman–Crippen MR) is 148 cm³/mol. The summed E-state index contributed by atoms with van der Waals surface area (Å²) in [6.45, 7) is 6.68. The lowest BCUT2D eigenvalue weighted by molar-refractivity contribution is -0.150. The first-order valence-corrected chi connectivity index (χ1v) is 13.1. The van der Waals surface area contributed by atoms with Gasteiger partial charge in [-0.05, 0) is 52.6 Å². The minimum absolute atomic E-state index is 0.00130. The van der Waals surface area contributed by atoms with Gasteiger partial charge in [-0.25, -0.2) is 0 Å². The summed E-state index contributed by atoms with van der Waals surface area (Å²) in [4.78, 5) is 26.2. The molecule has 0 spiro atoms. The van der Waals surface area contributed by atoms with Gasteiger partial charge >= 0.3 is 5.97 Å². The average molecular weight is 526 g/mol. The SMILES string of the molecule is CC(C)(C)CCOC(=O)[C@@H](CC(=O)Cc1ccccc1Cc1c(Cl)cccc1Cl)Cc1ccccc1. The number of carbonyl (C=O) groups is 2. The van der Waals surface area contributed by atoms with Crippen molar-refractivity contribution in [2.24, 2.45) is 11.3 Å². The number of ether oxygens (including phenoxy) is 1. The lowest BCUT2D eigenvalue weighted by Gasteiger charge is -2.20. The molecule has 0 heterocycles. The Bertz CT molecular complexity index is 1150. The maximum atomic E-state index is 13.2. The van der Waals surface area contributed by atoms with Crippen LogP contribution in [0, 0.1) is 11.3 Å². The van der Waals surface area contributed by atoms with E-state index in [2.05, 4.69) is 20.8 Å². The molecule has 0 fully saturated rings. The summed E-state index contributed by atoms with van der Waals surface area (Å²) < 4.78 is 5.61. The zero-order valence-electron chi connectivity index (χ0n) is 21.2. The number of hydrogen-bond acceptors (Lipinski definition) is 3. The molecule has 36 heavy (non-hydrogen) atoms. The van der Waals surface area contributed by atoms with Gasteiger partial charge in [-0.3, -0.25) is 9.59 Å². The molecular weight excluding hydrogens is 491 g/mol. The van der Waals surface area contributed by atoms with Crippen molar-refractivity contribution in [3.63, 3.8) is 0 Å². The summed E-state index contributed by atoms with van der Waals surface area (Å²) in [5.41, 5.74) is 3.83. The van der Waals surface area contributed by atoms with E-state index in [1.165, 1.54) is 0 Å². The topological polar surface area (TPSA) is 43.4 Å². The minimum Gasteiger partial charge on any atom is -0.465 e. The second-order valence-electron chi connectivity index (χ2n) is 10.4. The Kier molecular flexibility index (Phi) is 10.2. The average Bonchev–Trinajstić information content (AvgIpc) is 2.82. The Morgan fingerprint density at radius 2 is 1.44 bits per heavy atom. The fourth-order valence-electron chi connectivity index (χ4n) is 4.07. The van der Waals surface area contributed by atoms with E-state index in [9.17, 15) is 9.59 Å². The van der Waals surface area contributed by atoms with E-state index in [4.69, 9.17) is 27.9 Å². The Morgan fingerprint density at radius 3 is 2.08 bits per heavy atom. The number of carbonyl (C=O) groups excluding carboxylic acids is 2. The molecule has 0 aliphatic rings. The highest BCUT2D eigenvalue weighted by molar-refractivity contribution is 6.36. The molecule has 0 unspecified atom stereocenters. The Hall–Kier alpha value is -2.62. The summed E-state index contributed by atoms with van der Waals surface area (Å²) in [7, 11) is 0. The zero-order valence-corrected chi connectivity index (χ0v) is 22.7. The number of halogens is 2. The summed E-state index contributed by atoms with van der Waals surface area (Å²) >= 11 is 12.8. The van der Waals surface area contributed by atoms with E-state index in [0.29, 0.717) is 29.5 Å². The molecule has 3 aromatic carbocycles. The highest BCUT2D eigenvalue weighted by Crippen LogP contribution is 2.28. The van der Waals surface area contributed by atoms with Crippen LogP contribution in [-0.4, -0.2) is 18.4 Å². The van der Waals surface area contributed by atoms with Gasteiger partial charge in [-0.2, -0.15) is 0 Å². The van der Waals surface area contributed by atoms with Crippen molar-refractivity contribution < 1.29 is 14.3 Å². The largest absolute Gasteiger partial charge is 0.465 e. The normalized spacial score (nSPS) is 12.2. The van der Waals surface area contributed by atoms with E-state index in [1.54, 1.807) is 0 Å². The fourth-order valence-corrected chi connectivity index (χ4v) is 4.60. The molecular formula is C31H34Cl2O3. The van der Waals surface area contributed by atoms with Crippen LogP contribution in [0.2, 0.25) is 10.0 Å². The molecule has 0 aliphatic heterocycles. The van der Waals surface area contributed by atoms with Crippen molar-refractivity contribution in [1.82, 2.24) is 0 Å². The summed E-state index contributed by atoms with van der Waals surface area (Å²) in [6, 6.07) is 23.0. The first-order chi connectivity index (χ1) is 17.1. The zero-order chi connectivity index (χ0) is 26.1. The molecule has 0 aliphatic carbocycles. The van der Waals surface area contributed by atoms with Crippen LogP contribution in [0.5, 0.6) is 0 Å². The molecule has 3 nitrogen and oxygen atoms in total. The summed E-state index contributed by atoms with van der Waals surface area (Å²) in [5.74, 6) is -0.834. The first-order valence-electron chi connectivity index (χ1n) is 12.3. The number of ketones is 1. The fraction of sp³-hybridized carbons (Fsp3) is 0.355. The number of Topliss-reactive ketones (excluding diaryl/α,β-unsaturated/α-hetero) is 1. The third kappa shape index (κ3) is 8.80. The standard InChI is InChI=1S/C31H34Cl2O3/c1-31(2,3)16-17-36-30(35)25(18-22-10-5-4-6-11-22)20-26(34)19-23-12-7-8-13-24(23)21-27-28(32)14-9-15-29(27)33/h4-15,25H,16-21H2,1-3H3/t25-/m1/s1. The van der Waals surface area contributed by atoms with Gasteiger partial charge in [0.1, 0.15) is 5.78 Å². The highest BCUT2D eigenvalue weighted by Gasteiger charge is 2.25. The number of benzene rings is 3. The van der Waals surface area contributed by atoms with E-state index in [1.807, 2.05) is 72.8 Å².